The number of methoxy groups -OCH3 is 2. The van der Waals surface area contributed by atoms with Gasteiger partial charge in [-0.2, -0.15) is 0 Å². The summed E-state index contributed by atoms with van der Waals surface area (Å²) in [6.07, 6.45) is 0. The van der Waals surface area contributed by atoms with Crippen molar-refractivity contribution in [2.24, 2.45) is 5.73 Å². The Hall–Kier alpha value is -1.69. The Balaban J connectivity index is 3.25. The van der Waals surface area contributed by atoms with E-state index >= 15 is 0 Å². The fourth-order valence-corrected chi connectivity index (χ4v) is 1.28. The zero-order chi connectivity index (χ0) is 12.3. The van der Waals surface area contributed by atoms with Gasteiger partial charge in [0.2, 0.25) is 0 Å². The lowest BCUT2D eigenvalue weighted by molar-refractivity contribution is -0.142. The van der Waals surface area contributed by atoms with Gasteiger partial charge in [-0.3, -0.25) is 4.79 Å². The lowest BCUT2D eigenvalue weighted by Gasteiger charge is -2.14. The van der Waals surface area contributed by atoms with E-state index in [1.54, 1.807) is 0 Å². The maximum absolute atomic E-state index is 13.3. The van der Waals surface area contributed by atoms with Gasteiger partial charge in [-0.1, -0.05) is 0 Å². The first-order valence-corrected chi connectivity index (χ1v) is 4.37. The van der Waals surface area contributed by atoms with Crippen molar-refractivity contribution in [3.05, 3.63) is 29.3 Å². The van der Waals surface area contributed by atoms with Crippen LogP contribution in [-0.4, -0.2) is 20.2 Å². The molecule has 0 saturated heterocycles. The molecule has 2 N–H and O–H groups in total. The van der Waals surface area contributed by atoms with Crippen molar-refractivity contribution < 1.29 is 23.0 Å². The van der Waals surface area contributed by atoms with Crippen LogP contribution < -0.4 is 10.5 Å². The van der Waals surface area contributed by atoms with Gasteiger partial charge < -0.3 is 15.2 Å². The van der Waals surface area contributed by atoms with Gasteiger partial charge >= 0.3 is 5.97 Å². The molecule has 0 bridgehead atoms. The summed E-state index contributed by atoms with van der Waals surface area (Å²) in [7, 11) is 2.33. The first-order chi connectivity index (χ1) is 7.51. The lowest BCUT2D eigenvalue weighted by Crippen LogP contribution is -2.23. The number of carbonyl (C=O) groups is 1. The molecule has 4 nitrogen and oxygen atoms in total. The quantitative estimate of drug-likeness (QED) is 0.792. The van der Waals surface area contributed by atoms with Crippen molar-refractivity contribution >= 4 is 5.97 Å². The minimum absolute atomic E-state index is 0.0909. The van der Waals surface area contributed by atoms with E-state index in [2.05, 4.69) is 4.74 Å². The van der Waals surface area contributed by atoms with Crippen LogP contribution in [0.2, 0.25) is 0 Å². The van der Waals surface area contributed by atoms with Gasteiger partial charge in [0.1, 0.15) is 11.9 Å². The molecule has 0 amide bonds. The summed E-state index contributed by atoms with van der Waals surface area (Å²) >= 11 is 0. The highest BCUT2D eigenvalue weighted by atomic mass is 19.1. The molecule has 0 fully saturated rings. The molecular weight excluding hydrogens is 220 g/mol. The molecule has 0 radical (unpaired) electrons. The minimum Gasteiger partial charge on any atom is -0.493 e. The smallest absolute Gasteiger partial charge is 0.327 e. The summed E-state index contributed by atoms with van der Waals surface area (Å²) in [6.45, 7) is 0. The van der Waals surface area contributed by atoms with Crippen molar-refractivity contribution in [1.29, 1.82) is 0 Å². The standard InChI is InChI=1S/C10H11F2NO3/c1-15-9-6(8(13)10(14)16-2)3-5(11)4-7(9)12/h3-4,8H,13H2,1-2H3. The average molecular weight is 231 g/mol. The summed E-state index contributed by atoms with van der Waals surface area (Å²) in [4.78, 5) is 11.2. The summed E-state index contributed by atoms with van der Waals surface area (Å²) in [5, 5.41) is 0. The number of rotatable bonds is 3. The van der Waals surface area contributed by atoms with Gasteiger partial charge in [0.25, 0.3) is 0 Å². The van der Waals surface area contributed by atoms with Crippen LogP contribution in [0, 0.1) is 11.6 Å². The summed E-state index contributed by atoms with van der Waals surface area (Å²) in [5.74, 6) is -2.83. The maximum atomic E-state index is 13.3. The zero-order valence-electron chi connectivity index (χ0n) is 8.79. The molecule has 16 heavy (non-hydrogen) atoms. The third-order valence-electron chi connectivity index (χ3n) is 2.03. The van der Waals surface area contributed by atoms with E-state index in [0.717, 1.165) is 13.2 Å². The molecule has 0 aliphatic heterocycles. The van der Waals surface area contributed by atoms with Crippen LogP contribution in [0.1, 0.15) is 11.6 Å². The van der Waals surface area contributed by atoms with Gasteiger partial charge in [-0.05, 0) is 6.07 Å². The molecule has 0 aliphatic carbocycles. The van der Waals surface area contributed by atoms with Gasteiger partial charge in [0.15, 0.2) is 11.6 Å². The second-order valence-corrected chi connectivity index (χ2v) is 3.01. The van der Waals surface area contributed by atoms with E-state index in [1.807, 2.05) is 0 Å². The Bertz CT molecular complexity index is 409. The number of benzene rings is 1. The van der Waals surface area contributed by atoms with Crippen molar-refractivity contribution in [2.75, 3.05) is 14.2 Å². The first-order valence-electron chi connectivity index (χ1n) is 4.37. The van der Waals surface area contributed by atoms with Crippen LogP contribution in [-0.2, 0) is 9.53 Å². The number of halogens is 2. The summed E-state index contributed by atoms with van der Waals surface area (Å²) in [5.41, 5.74) is 5.38. The van der Waals surface area contributed by atoms with Crippen LogP contribution in [0.3, 0.4) is 0 Å². The van der Waals surface area contributed by atoms with Crippen LogP contribution in [0.5, 0.6) is 5.75 Å². The number of esters is 1. The van der Waals surface area contributed by atoms with Crippen molar-refractivity contribution in [3.63, 3.8) is 0 Å². The SMILES string of the molecule is COC(=O)C(N)c1cc(F)cc(F)c1OC. The second kappa shape index (κ2) is 4.89. The van der Waals surface area contributed by atoms with E-state index in [4.69, 9.17) is 10.5 Å². The third kappa shape index (κ3) is 2.27. The van der Waals surface area contributed by atoms with Crippen LogP contribution in [0.4, 0.5) is 8.78 Å². The van der Waals surface area contributed by atoms with Crippen molar-refractivity contribution in [3.8, 4) is 5.75 Å². The number of nitrogens with two attached hydrogens (primary N) is 1. The predicted molar refractivity (Wildman–Crippen MR) is 51.9 cm³/mol. The Morgan fingerprint density at radius 1 is 1.38 bits per heavy atom. The van der Waals surface area contributed by atoms with E-state index < -0.39 is 23.6 Å². The maximum Gasteiger partial charge on any atom is 0.327 e. The van der Waals surface area contributed by atoms with Crippen LogP contribution in [0.15, 0.2) is 12.1 Å². The third-order valence-corrected chi connectivity index (χ3v) is 2.03. The molecule has 6 heteroatoms. The first kappa shape index (κ1) is 12.4. The van der Waals surface area contributed by atoms with Crippen molar-refractivity contribution in [1.82, 2.24) is 0 Å². The van der Waals surface area contributed by atoms with Crippen LogP contribution >= 0.6 is 0 Å². The highest BCUT2D eigenvalue weighted by Crippen LogP contribution is 2.28. The molecule has 0 heterocycles. The van der Waals surface area contributed by atoms with E-state index in [-0.39, 0.29) is 11.3 Å². The number of hydrogen-bond donors (Lipinski definition) is 1. The summed E-state index contributed by atoms with van der Waals surface area (Å²) < 4.78 is 35.3. The molecule has 0 aliphatic rings. The molecule has 1 rings (SSSR count). The Kier molecular flexibility index (Phi) is 3.78. The van der Waals surface area contributed by atoms with Gasteiger partial charge in [-0.25, -0.2) is 8.78 Å². The summed E-state index contributed by atoms with van der Waals surface area (Å²) in [6, 6.07) is 0.292. The Morgan fingerprint density at radius 2 is 2.00 bits per heavy atom. The van der Waals surface area contributed by atoms with E-state index in [9.17, 15) is 13.6 Å². The molecule has 1 aromatic rings. The van der Waals surface area contributed by atoms with Gasteiger partial charge in [0, 0.05) is 11.6 Å². The molecule has 1 unspecified atom stereocenters. The average Bonchev–Trinajstić information content (AvgIpc) is 2.26. The Morgan fingerprint density at radius 3 is 2.50 bits per heavy atom. The topological polar surface area (TPSA) is 61.5 Å². The number of carbonyl (C=O) groups excluding carboxylic acids is 1. The van der Waals surface area contributed by atoms with E-state index in [0.29, 0.717) is 6.07 Å². The number of ether oxygens (including phenoxy) is 2. The molecule has 1 atom stereocenters. The molecule has 88 valence electrons. The molecule has 0 saturated carbocycles. The lowest BCUT2D eigenvalue weighted by atomic mass is 10.1. The number of hydrogen-bond acceptors (Lipinski definition) is 4. The van der Waals surface area contributed by atoms with Gasteiger partial charge in [-0.15, -0.1) is 0 Å². The fraction of sp³-hybridized carbons (Fsp3) is 0.300. The zero-order valence-corrected chi connectivity index (χ0v) is 8.79. The minimum atomic E-state index is -1.29. The monoisotopic (exact) mass is 231 g/mol. The highest BCUT2D eigenvalue weighted by Gasteiger charge is 2.23. The van der Waals surface area contributed by atoms with Gasteiger partial charge in [0.05, 0.1) is 14.2 Å². The highest BCUT2D eigenvalue weighted by molar-refractivity contribution is 5.78. The molecule has 0 aromatic heterocycles. The largest absolute Gasteiger partial charge is 0.493 e. The predicted octanol–water partition coefficient (Wildman–Crippen LogP) is 1.15. The molecular formula is C10H11F2NO3. The van der Waals surface area contributed by atoms with E-state index in [1.165, 1.54) is 7.11 Å². The van der Waals surface area contributed by atoms with Crippen LogP contribution in [0.25, 0.3) is 0 Å². The second-order valence-electron chi connectivity index (χ2n) is 3.01. The van der Waals surface area contributed by atoms with Crippen molar-refractivity contribution in [2.45, 2.75) is 6.04 Å². The molecule has 0 spiro atoms. The Labute approximate surface area is 91.0 Å². The molecule has 1 aromatic carbocycles. The fourth-order valence-electron chi connectivity index (χ4n) is 1.28. The normalized spacial score (nSPS) is 12.1.